The van der Waals surface area contributed by atoms with E-state index in [1.54, 1.807) is 12.5 Å². The fourth-order valence-electron chi connectivity index (χ4n) is 2.51. The maximum Gasteiger partial charge on any atom is 0.323 e. The number of carboxylic acids is 1. The fourth-order valence-corrected chi connectivity index (χ4v) is 2.51. The van der Waals surface area contributed by atoms with E-state index in [1.165, 1.54) is 0 Å². The highest BCUT2D eigenvalue weighted by Crippen LogP contribution is 2.36. The molecule has 1 saturated carbocycles. The van der Waals surface area contributed by atoms with Gasteiger partial charge in [0.25, 0.3) is 0 Å². The number of hydrogen-bond donors (Lipinski definition) is 2. The lowest BCUT2D eigenvalue weighted by atomic mass is 9.86. The van der Waals surface area contributed by atoms with E-state index in [0.717, 1.165) is 25.8 Å². The molecule has 5 nitrogen and oxygen atoms in total. The average Bonchev–Trinajstić information content (AvgIpc) is 2.85. The summed E-state index contributed by atoms with van der Waals surface area (Å²) < 4.78 is 1.96. The molecule has 0 spiro atoms. The molecule has 16 heavy (non-hydrogen) atoms. The molecule has 0 aliphatic heterocycles. The predicted molar refractivity (Wildman–Crippen MR) is 58.7 cm³/mol. The number of aliphatic carboxylic acids is 1. The van der Waals surface area contributed by atoms with E-state index >= 15 is 0 Å². The van der Waals surface area contributed by atoms with E-state index < -0.39 is 11.5 Å². The number of nitrogens with two attached hydrogens (primary N) is 1. The lowest BCUT2D eigenvalue weighted by molar-refractivity contribution is -0.144. The Kier molecular flexibility index (Phi) is 2.96. The number of rotatable bonds is 4. The lowest BCUT2D eigenvalue weighted by Crippen LogP contribution is -2.51. The van der Waals surface area contributed by atoms with Gasteiger partial charge in [0.05, 0.1) is 6.33 Å². The van der Waals surface area contributed by atoms with Crippen LogP contribution in [-0.4, -0.2) is 26.2 Å². The molecule has 1 aliphatic carbocycles. The second-order valence-electron chi connectivity index (χ2n) is 4.52. The summed E-state index contributed by atoms with van der Waals surface area (Å²) in [6.45, 7) is 0.789. The van der Waals surface area contributed by atoms with Crippen LogP contribution in [0.2, 0.25) is 0 Å². The molecule has 0 aromatic carbocycles. The summed E-state index contributed by atoms with van der Waals surface area (Å²) in [5.74, 6) is -0.784. The SMILES string of the molecule is NC1(C(=O)O)CCCC1CCn1ccnc1. The fraction of sp³-hybridized carbons (Fsp3) is 0.636. The van der Waals surface area contributed by atoms with Crippen molar-refractivity contribution in [3.05, 3.63) is 18.7 Å². The minimum atomic E-state index is -1.01. The number of imidazole rings is 1. The molecule has 5 heteroatoms. The Hall–Kier alpha value is -1.36. The summed E-state index contributed by atoms with van der Waals surface area (Å²) >= 11 is 0. The maximum absolute atomic E-state index is 11.2. The summed E-state index contributed by atoms with van der Waals surface area (Å²) in [5, 5.41) is 9.16. The molecule has 2 unspecified atom stereocenters. The zero-order valence-corrected chi connectivity index (χ0v) is 9.17. The second-order valence-corrected chi connectivity index (χ2v) is 4.52. The molecular formula is C11H17N3O2. The van der Waals surface area contributed by atoms with Gasteiger partial charge in [-0.3, -0.25) is 4.79 Å². The first-order valence-corrected chi connectivity index (χ1v) is 5.61. The van der Waals surface area contributed by atoms with Gasteiger partial charge in [-0.15, -0.1) is 0 Å². The highest BCUT2D eigenvalue weighted by molar-refractivity contribution is 5.79. The highest BCUT2D eigenvalue weighted by Gasteiger charge is 2.45. The van der Waals surface area contributed by atoms with Crippen molar-refractivity contribution in [2.24, 2.45) is 11.7 Å². The van der Waals surface area contributed by atoms with Crippen LogP contribution in [0.15, 0.2) is 18.7 Å². The molecule has 2 atom stereocenters. The van der Waals surface area contributed by atoms with Crippen molar-refractivity contribution in [1.29, 1.82) is 0 Å². The third-order valence-corrected chi connectivity index (χ3v) is 3.56. The van der Waals surface area contributed by atoms with Crippen molar-refractivity contribution in [2.45, 2.75) is 37.8 Å². The van der Waals surface area contributed by atoms with Crippen LogP contribution in [0.25, 0.3) is 0 Å². The number of hydrogen-bond acceptors (Lipinski definition) is 3. The molecular weight excluding hydrogens is 206 g/mol. The van der Waals surface area contributed by atoms with E-state index in [1.807, 2.05) is 10.8 Å². The number of carbonyl (C=O) groups is 1. The van der Waals surface area contributed by atoms with Gasteiger partial charge in [-0.1, -0.05) is 6.42 Å². The zero-order chi connectivity index (χ0) is 11.6. The molecule has 3 N–H and O–H groups in total. The van der Waals surface area contributed by atoms with Crippen molar-refractivity contribution < 1.29 is 9.90 Å². The molecule has 1 heterocycles. The van der Waals surface area contributed by atoms with Gasteiger partial charge in [0.15, 0.2) is 0 Å². The van der Waals surface area contributed by atoms with Gasteiger partial charge < -0.3 is 15.4 Å². The first kappa shape index (κ1) is 11.1. The molecule has 1 fully saturated rings. The Morgan fingerprint density at radius 1 is 1.69 bits per heavy atom. The van der Waals surface area contributed by atoms with E-state index in [9.17, 15) is 4.79 Å². The Balaban J connectivity index is 1.96. The van der Waals surface area contributed by atoms with Crippen molar-refractivity contribution in [3.8, 4) is 0 Å². The third-order valence-electron chi connectivity index (χ3n) is 3.56. The van der Waals surface area contributed by atoms with Crippen molar-refractivity contribution in [1.82, 2.24) is 9.55 Å². The molecule has 2 rings (SSSR count). The summed E-state index contributed by atoms with van der Waals surface area (Å²) in [7, 11) is 0. The molecule has 1 aromatic rings. The Bertz CT molecular complexity index is 363. The van der Waals surface area contributed by atoms with E-state index in [2.05, 4.69) is 4.98 Å². The highest BCUT2D eigenvalue weighted by atomic mass is 16.4. The number of carboxylic acid groups (broad SMARTS) is 1. The first-order chi connectivity index (χ1) is 7.63. The topological polar surface area (TPSA) is 81.1 Å². The first-order valence-electron chi connectivity index (χ1n) is 5.61. The predicted octanol–water partition coefficient (Wildman–Crippen LogP) is 0.855. The normalized spacial score (nSPS) is 29.4. The van der Waals surface area contributed by atoms with Gasteiger partial charge >= 0.3 is 5.97 Å². The number of nitrogens with zero attached hydrogens (tertiary/aromatic N) is 2. The Labute approximate surface area is 94.3 Å². The smallest absolute Gasteiger partial charge is 0.323 e. The lowest BCUT2D eigenvalue weighted by Gasteiger charge is -2.26. The van der Waals surface area contributed by atoms with Crippen LogP contribution < -0.4 is 5.73 Å². The third kappa shape index (κ3) is 1.95. The zero-order valence-electron chi connectivity index (χ0n) is 9.17. The molecule has 0 radical (unpaired) electrons. The van der Waals surface area contributed by atoms with Crippen molar-refractivity contribution in [2.75, 3.05) is 0 Å². The number of aromatic nitrogens is 2. The quantitative estimate of drug-likeness (QED) is 0.793. The Morgan fingerprint density at radius 2 is 2.50 bits per heavy atom. The molecule has 0 amide bonds. The molecule has 0 bridgehead atoms. The summed E-state index contributed by atoms with van der Waals surface area (Å²) in [5.41, 5.74) is 4.95. The van der Waals surface area contributed by atoms with Crippen LogP contribution >= 0.6 is 0 Å². The number of aryl methyl sites for hydroxylation is 1. The summed E-state index contributed by atoms with van der Waals surface area (Å²) in [4.78, 5) is 15.1. The van der Waals surface area contributed by atoms with Crippen molar-refractivity contribution in [3.63, 3.8) is 0 Å². The molecule has 1 aromatic heterocycles. The van der Waals surface area contributed by atoms with Gasteiger partial charge in [-0.2, -0.15) is 0 Å². The van der Waals surface area contributed by atoms with Crippen LogP contribution in [0.1, 0.15) is 25.7 Å². The van der Waals surface area contributed by atoms with E-state index in [0.29, 0.717) is 6.42 Å². The maximum atomic E-state index is 11.2. The van der Waals surface area contributed by atoms with Crippen LogP contribution in [0.4, 0.5) is 0 Å². The Morgan fingerprint density at radius 3 is 3.12 bits per heavy atom. The summed E-state index contributed by atoms with van der Waals surface area (Å²) in [6.07, 6.45) is 8.58. The largest absolute Gasteiger partial charge is 0.480 e. The van der Waals surface area contributed by atoms with Crippen LogP contribution in [0.5, 0.6) is 0 Å². The molecule has 88 valence electrons. The summed E-state index contributed by atoms with van der Waals surface area (Å²) in [6, 6.07) is 0. The van der Waals surface area contributed by atoms with Gasteiger partial charge in [-0.25, -0.2) is 4.98 Å². The van der Waals surface area contributed by atoms with E-state index in [-0.39, 0.29) is 5.92 Å². The van der Waals surface area contributed by atoms with Crippen LogP contribution in [0.3, 0.4) is 0 Å². The minimum absolute atomic E-state index is 0.0763. The van der Waals surface area contributed by atoms with Gasteiger partial charge in [0.2, 0.25) is 0 Å². The minimum Gasteiger partial charge on any atom is -0.480 e. The van der Waals surface area contributed by atoms with Gasteiger partial charge in [0, 0.05) is 18.9 Å². The van der Waals surface area contributed by atoms with Gasteiger partial charge in [-0.05, 0) is 25.2 Å². The molecule has 0 saturated heterocycles. The van der Waals surface area contributed by atoms with Crippen LogP contribution in [0, 0.1) is 5.92 Å². The second kappa shape index (κ2) is 4.25. The average molecular weight is 223 g/mol. The van der Waals surface area contributed by atoms with Crippen LogP contribution in [-0.2, 0) is 11.3 Å². The monoisotopic (exact) mass is 223 g/mol. The van der Waals surface area contributed by atoms with Gasteiger partial charge in [0.1, 0.15) is 5.54 Å². The van der Waals surface area contributed by atoms with E-state index in [4.69, 9.17) is 10.8 Å². The molecule has 1 aliphatic rings. The van der Waals surface area contributed by atoms with Crippen molar-refractivity contribution >= 4 is 5.97 Å². The standard InChI is InChI=1S/C11H17N3O2/c12-11(10(15)16)4-1-2-9(11)3-6-14-7-5-13-8-14/h5,7-9H,1-4,6,12H2,(H,15,16).